The van der Waals surface area contributed by atoms with Crippen LogP contribution in [0.15, 0.2) is 5.38 Å². The highest BCUT2D eigenvalue weighted by Gasteiger charge is 2.09. The molecule has 0 aliphatic heterocycles. The molecule has 0 saturated heterocycles. The molecule has 2 rings (SSSR count). The first-order valence-electron chi connectivity index (χ1n) is 4.18. The monoisotopic (exact) mass is 221 g/mol. The highest BCUT2D eigenvalue weighted by Crippen LogP contribution is 2.15. The van der Waals surface area contributed by atoms with Gasteiger partial charge in [-0.25, -0.2) is 4.52 Å². The van der Waals surface area contributed by atoms with E-state index in [9.17, 15) is 4.79 Å². The summed E-state index contributed by atoms with van der Waals surface area (Å²) in [5, 5.41) is 16.7. The number of rotatable bonds is 2. The van der Waals surface area contributed by atoms with Crippen molar-refractivity contribution in [2.24, 2.45) is 0 Å². The first-order valence-corrected chi connectivity index (χ1v) is 5.06. The molecule has 0 aliphatic carbocycles. The van der Waals surface area contributed by atoms with E-state index in [4.69, 9.17) is 5.26 Å². The second-order valence-electron chi connectivity index (χ2n) is 2.89. The lowest BCUT2D eigenvalue weighted by molar-refractivity contribution is -0.115. The van der Waals surface area contributed by atoms with Crippen LogP contribution in [0.1, 0.15) is 12.1 Å². The minimum atomic E-state index is -0.395. The first-order chi connectivity index (χ1) is 7.20. The standard InChI is InChI=1S/C8H7N5OS/c1-5-4-15-8-11-7(12-13(5)8)10-6(14)2-3-9/h4H,2H2,1H3,(H,10,12,14). The summed E-state index contributed by atoms with van der Waals surface area (Å²) in [6.45, 7) is 1.90. The van der Waals surface area contributed by atoms with Crippen molar-refractivity contribution in [3.8, 4) is 6.07 Å². The van der Waals surface area contributed by atoms with Crippen LogP contribution in [-0.2, 0) is 4.79 Å². The van der Waals surface area contributed by atoms with Gasteiger partial charge in [0.15, 0.2) is 0 Å². The molecule has 0 aliphatic rings. The molecule has 1 amide bonds. The van der Waals surface area contributed by atoms with E-state index >= 15 is 0 Å². The minimum absolute atomic E-state index is 0.189. The Morgan fingerprint density at radius 3 is 3.27 bits per heavy atom. The van der Waals surface area contributed by atoms with Crippen LogP contribution in [0, 0.1) is 18.3 Å². The number of anilines is 1. The highest BCUT2D eigenvalue weighted by atomic mass is 32.1. The number of nitrogens with zero attached hydrogens (tertiary/aromatic N) is 4. The molecule has 2 aromatic heterocycles. The lowest BCUT2D eigenvalue weighted by Crippen LogP contribution is -2.11. The van der Waals surface area contributed by atoms with Crippen molar-refractivity contribution in [1.29, 1.82) is 5.26 Å². The maximum atomic E-state index is 11.1. The quantitative estimate of drug-likeness (QED) is 0.818. The van der Waals surface area contributed by atoms with Crippen molar-refractivity contribution >= 4 is 28.2 Å². The van der Waals surface area contributed by atoms with Crippen molar-refractivity contribution in [2.45, 2.75) is 13.3 Å². The topological polar surface area (TPSA) is 83.1 Å². The Balaban J connectivity index is 2.23. The van der Waals surface area contributed by atoms with Crippen LogP contribution in [0.4, 0.5) is 5.95 Å². The van der Waals surface area contributed by atoms with E-state index in [1.807, 2.05) is 12.3 Å². The van der Waals surface area contributed by atoms with E-state index in [1.165, 1.54) is 11.3 Å². The Hall–Kier alpha value is -1.94. The SMILES string of the molecule is Cc1csc2nc(NC(=O)CC#N)nn12. The van der Waals surface area contributed by atoms with Gasteiger partial charge in [0, 0.05) is 5.38 Å². The maximum Gasteiger partial charge on any atom is 0.250 e. The van der Waals surface area contributed by atoms with Crippen LogP contribution >= 0.6 is 11.3 Å². The number of hydrogen-bond donors (Lipinski definition) is 1. The van der Waals surface area contributed by atoms with E-state index in [1.54, 1.807) is 10.6 Å². The Morgan fingerprint density at radius 2 is 2.60 bits per heavy atom. The van der Waals surface area contributed by atoms with Crippen molar-refractivity contribution < 1.29 is 4.79 Å². The fourth-order valence-electron chi connectivity index (χ4n) is 1.09. The summed E-state index contributed by atoms with van der Waals surface area (Å²) >= 11 is 1.45. The zero-order valence-electron chi connectivity index (χ0n) is 7.89. The molecule has 0 saturated carbocycles. The molecule has 15 heavy (non-hydrogen) atoms. The van der Waals surface area contributed by atoms with Gasteiger partial charge in [0.25, 0.3) is 0 Å². The van der Waals surface area contributed by atoms with Gasteiger partial charge in [-0.05, 0) is 6.92 Å². The normalized spacial score (nSPS) is 10.1. The number of carbonyl (C=O) groups excluding carboxylic acids is 1. The maximum absolute atomic E-state index is 11.1. The Morgan fingerprint density at radius 1 is 1.80 bits per heavy atom. The summed E-state index contributed by atoms with van der Waals surface area (Å²) in [7, 11) is 0. The second kappa shape index (κ2) is 3.67. The summed E-state index contributed by atoms with van der Waals surface area (Å²) in [6.07, 6.45) is -0.189. The molecular weight excluding hydrogens is 214 g/mol. The van der Waals surface area contributed by atoms with Gasteiger partial charge in [0.1, 0.15) is 6.42 Å². The molecule has 0 atom stereocenters. The summed E-state index contributed by atoms with van der Waals surface area (Å²) in [6, 6.07) is 1.75. The number of carbonyl (C=O) groups is 1. The number of nitrogens with one attached hydrogen (secondary N) is 1. The molecule has 0 aromatic carbocycles. The molecule has 1 N–H and O–H groups in total. The van der Waals surface area contributed by atoms with Crippen LogP contribution < -0.4 is 5.32 Å². The average molecular weight is 221 g/mol. The third kappa shape index (κ3) is 1.80. The van der Waals surface area contributed by atoms with Crippen molar-refractivity contribution in [2.75, 3.05) is 5.32 Å². The molecule has 7 heteroatoms. The minimum Gasteiger partial charge on any atom is -0.292 e. The lowest BCUT2D eigenvalue weighted by Gasteiger charge is -1.93. The van der Waals surface area contributed by atoms with E-state index in [0.717, 1.165) is 10.7 Å². The largest absolute Gasteiger partial charge is 0.292 e. The molecule has 2 aromatic rings. The fraction of sp³-hybridized carbons (Fsp3) is 0.250. The van der Waals surface area contributed by atoms with Gasteiger partial charge >= 0.3 is 0 Å². The third-order valence-electron chi connectivity index (χ3n) is 1.74. The molecule has 0 bridgehead atoms. The van der Waals surface area contributed by atoms with Crippen LogP contribution in [-0.4, -0.2) is 20.5 Å². The zero-order chi connectivity index (χ0) is 10.8. The molecule has 0 unspecified atom stereocenters. The smallest absolute Gasteiger partial charge is 0.250 e. The van der Waals surface area contributed by atoms with Crippen LogP contribution in [0.3, 0.4) is 0 Å². The van der Waals surface area contributed by atoms with Gasteiger partial charge in [-0.3, -0.25) is 10.1 Å². The number of fused-ring (bicyclic) bond motifs is 1. The van der Waals surface area contributed by atoms with E-state index in [2.05, 4.69) is 15.4 Å². The average Bonchev–Trinajstić information content (AvgIpc) is 2.69. The molecule has 2 heterocycles. The molecule has 76 valence electrons. The number of aryl methyl sites for hydroxylation is 1. The van der Waals surface area contributed by atoms with Gasteiger partial charge in [-0.2, -0.15) is 10.2 Å². The first kappa shape index (κ1) is 9.61. The van der Waals surface area contributed by atoms with Gasteiger partial charge < -0.3 is 0 Å². The van der Waals surface area contributed by atoms with Crippen LogP contribution in [0.5, 0.6) is 0 Å². The summed E-state index contributed by atoms with van der Waals surface area (Å²) in [4.78, 5) is 15.9. The van der Waals surface area contributed by atoms with Crippen molar-refractivity contribution in [3.63, 3.8) is 0 Å². The van der Waals surface area contributed by atoms with Crippen LogP contribution in [0.25, 0.3) is 4.96 Å². The Labute approximate surface area is 89.2 Å². The highest BCUT2D eigenvalue weighted by molar-refractivity contribution is 7.15. The molecule has 0 fully saturated rings. The second-order valence-corrected chi connectivity index (χ2v) is 3.73. The summed E-state index contributed by atoms with van der Waals surface area (Å²) in [5.74, 6) is -0.154. The van der Waals surface area contributed by atoms with Crippen LogP contribution in [0.2, 0.25) is 0 Å². The number of thiazole rings is 1. The number of aromatic nitrogens is 3. The Bertz CT molecular complexity index is 549. The van der Waals surface area contributed by atoms with Gasteiger partial charge in [-0.15, -0.1) is 16.4 Å². The van der Waals surface area contributed by atoms with Gasteiger partial charge in [-0.1, -0.05) is 0 Å². The zero-order valence-corrected chi connectivity index (χ0v) is 8.71. The molecule has 6 nitrogen and oxygen atoms in total. The lowest BCUT2D eigenvalue weighted by atomic mass is 10.4. The molecular formula is C8H7N5OS. The van der Waals surface area contributed by atoms with E-state index < -0.39 is 5.91 Å². The number of hydrogen-bond acceptors (Lipinski definition) is 5. The van der Waals surface area contributed by atoms with Crippen molar-refractivity contribution in [1.82, 2.24) is 14.6 Å². The fourth-order valence-corrected chi connectivity index (χ4v) is 1.89. The van der Waals surface area contributed by atoms with Crippen molar-refractivity contribution in [3.05, 3.63) is 11.1 Å². The molecule has 0 radical (unpaired) electrons. The van der Waals surface area contributed by atoms with E-state index in [0.29, 0.717) is 0 Å². The predicted molar refractivity (Wildman–Crippen MR) is 54.5 cm³/mol. The van der Waals surface area contributed by atoms with Gasteiger partial charge in [0.05, 0.1) is 11.8 Å². The summed E-state index contributed by atoms with van der Waals surface area (Å²) in [5.41, 5.74) is 0.961. The summed E-state index contributed by atoms with van der Waals surface area (Å²) < 4.78 is 1.65. The molecule has 0 spiro atoms. The predicted octanol–water partition coefficient (Wildman–Crippen LogP) is 0.951. The number of amides is 1. The Kier molecular flexibility index (Phi) is 2.35. The van der Waals surface area contributed by atoms with E-state index in [-0.39, 0.29) is 12.4 Å². The third-order valence-corrected chi connectivity index (χ3v) is 2.67. The number of nitriles is 1. The van der Waals surface area contributed by atoms with Gasteiger partial charge in [0.2, 0.25) is 16.8 Å².